The highest BCUT2D eigenvalue weighted by Gasteiger charge is 2.20. The van der Waals surface area contributed by atoms with E-state index >= 15 is 0 Å². The minimum Gasteiger partial charge on any atom is -0.388 e. The van der Waals surface area contributed by atoms with Crippen molar-refractivity contribution in [3.63, 3.8) is 0 Å². The van der Waals surface area contributed by atoms with Crippen LogP contribution in [0, 0.1) is 0 Å². The van der Waals surface area contributed by atoms with Crippen LogP contribution in [-0.2, 0) is 16.4 Å². The third-order valence-electron chi connectivity index (χ3n) is 3.53. The fourth-order valence-electron chi connectivity index (χ4n) is 2.17. The van der Waals surface area contributed by atoms with Crippen molar-refractivity contribution in [2.24, 2.45) is 5.11 Å². The van der Waals surface area contributed by atoms with Gasteiger partial charge in [-0.2, -0.15) is 0 Å². The lowest BCUT2D eigenvalue weighted by Crippen LogP contribution is -2.24. The molecule has 1 unspecified atom stereocenters. The average Bonchev–Trinajstić information content (AvgIpc) is 2.65. The SMILES string of the molecule is [N-]=[N+]=NCC(O)c1ccc(N(Br)S(=O)(=O)CCc2ccccc2)cc1. The zero-order valence-electron chi connectivity index (χ0n) is 13.2. The minimum absolute atomic E-state index is 0.0382. The number of sulfonamides is 1. The second kappa shape index (κ2) is 8.87. The third-order valence-corrected chi connectivity index (χ3v) is 6.69. The Labute approximate surface area is 154 Å². The van der Waals surface area contributed by atoms with Crippen molar-refractivity contribution in [3.05, 3.63) is 76.2 Å². The van der Waals surface area contributed by atoms with Gasteiger partial charge < -0.3 is 5.11 Å². The molecule has 25 heavy (non-hydrogen) atoms. The van der Waals surface area contributed by atoms with Gasteiger partial charge in [0.1, 0.15) is 0 Å². The van der Waals surface area contributed by atoms with Crippen LogP contribution in [-0.4, -0.2) is 25.8 Å². The average molecular weight is 425 g/mol. The highest BCUT2D eigenvalue weighted by Crippen LogP contribution is 2.25. The van der Waals surface area contributed by atoms with Crippen LogP contribution in [0.2, 0.25) is 0 Å². The molecule has 2 aromatic carbocycles. The van der Waals surface area contributed by atoms with E-state index in [0.29, 0.717) is 17.7 Å². The molecule has 9 heteroatoms. The smallest absolute Gasteiger partial charge is 0.245 e. The topological polar surface area (TPSA) is 106 Å². The highest BCUT2D eigenvalue weighted by molar-refractivity contribution is 9.11. The summed E-state index contributed by atoms with van der Waals surface area (Å²) in [6.07, 6.45) is -0.516. The molecule has 0 aliphatic heterocycles. The molecule has 0 amide bonds. The van der Waals surface area contributed by atoms with Crippen molar-refractivity contribution in [3.8, 4) is 0 Å². The van der Waals surface area contributed by atoms with Gasteiger partial charge in [0, 0.05) is 4.91 Å². The quantitative estimate of drug-likeness (QED) is 0.302. The molecule has 0 radical (unpaired) electrons. The zero-order valence-corrected chi connectivity index (χ0v) is 15.6. The van der Waals surface area contributed by atoms with Gasteiger partial charge in [0.2, 0.25) is 10.0 Å². The van der Waals surface area contributed by atoms with Gasteiger partial charge in [-0.15, -0.1) is 0 Å². The first kappa shape index (κ1) is 19.3. The minimum atomic E-state index is -3.54. The summed E-state index contributed by atoms with van der Waals surface area (Å²) in [7, 11) is -3.54. The van der Waals surface area contributed by atoms with E-state index in [1.54, 1.807) is 24.3 Å². The fourth-order valence-corrected chi connectivity index (χ4v) is 3.93. The first-order valence-electron chi connectivity index (χ1n) is 7.45. The fraction of sp³-hybridized carbons (Fsp3) is 0.250. The van der Waals surface area contributed by atoms with Crippen LogP contribution in [0.5, 0.6) is 0 Å². The molecule has 0 spiro atoms. The van der Waals surface area contributed by atoms with E-state index in [1.807, 2.05) is 30.3 Å². The highest BCUT2D eigenvalue weighted by atomic mass is 79.9. The zero-order chi connectivity index (χ0) is 18.3. The Kier molecular flexibility index (Phi) is 6.83. The number of aliphatic hydroxyl groups excluding tert-OH is 1. The van der Waals surface area contributed by atoms with Gasteiger partial charge in [-0.05, 0) is 35.2 Å². The van der Waals surface area contributed by atoms with Crippen molar-refractivity contribution in [2.75, 3.05) is 15.6 Å². The van der Waals surface area contributed by atoms with Crippen LogP contribution < -0.4 is 3.33 Å². The molecule has 0 aliphatic carbocycles. The van der Waals surface area contributed by atoms with Gasteiger partial charge in [-0.3, -0.25) is 0 Å². The molecule has 0 bridgehead atoms. The van der Waals surface area contributed by atoms with E-state index in [9.17, 15) is 13.5 Å². The van der Waals surface area contributed by atoms with Crippen LogP contribution >= 0.6 is 16.1 Å². The summed E-state index contributed by atoms with van der Waals surface area (Å²) in [4.78, 5) is 2.59. The largest absolute Gasteiger partial charge is 0.388 e. The molecule has 0 aromatic heterocycles. The van der Waals surface area contributed by atoms with Gasteiger partial charge in [0.15, 0.2) is 0 Å². The van der Waals surface area contributed by atoms with Crippen LogP contribution in [0.4, 0.5) is 5.69 Å². The van der Waals surface area contributed by atoms with Crippen molar-refractivity contribution in [1.82, 2.24) is 0 Å². The number of aryl methyl sites for hydroxylation is 1. The number of nitrogens with zero attached hydrogens (tertiary/aromatic N) is 4. The summed E-state index contributed by atoms with van der Waals surface area (Å²) in [6, 6.07) is 15.7. The van der Waals surface area contributed by atoms with E-state index in [0.717, 1.165) is 8.89 Å². The second-order valence-electron chi connectivity index (χ2n) is 5.29. The predicted molar refractivity (Wildman–Crippen MR) is 101 cm³/mol. The maximum Gasteiger partial charge on any atom is 0.245 e. The number of aliphatic hydroxyl groups is 1. The molecule has 1 N–H and O–H groups in total. The summed E-state index contributed by atoms with van der Waals surface area (Å²) in [5.74, 6) is -0.0382. The number of anilines is 1. The van der Waals surface area contributed by atoms with Crippen molar-refractivity contribution in [2.45, 2.75) is 12.5 Å². The van der Waals surface area contributed by atoms with Gasteiger partial charge in [0.05, 0.1) is 40.2 Å². The van der Waals surface area contributed by atoms with Crippen molar-refractivity contribution >= 4 is 31.9 Å². The molecule has 2 rings (SSSR count). The number of rotatable bonds is 8. The van der Waals surface area contributed by atoms with Crippen LogP contribution in [0.3, 0.4) is 0 Å². The van der Waals surface area contributed by atoms with Crippen molar-refractivity contribution < 1.29 is 13.5 Å². The molecule has 132 valence electrons. The molecular weight excluding hydrogens is 408 g/mol. The van der Waals surface area contributed by atoms with E-state index in [-0.39, 0.29) is 12.3 Å². The molecule has 0 saturated heterocycles. The van der Waals surface area contributed by atoms with Gasteiger partial charge in [-0.25, -0.2) is 11.7 Å². The van der Waals surface area contributed by atoms with E-state index < -0.39 is 16.1 Å². The number of azide groups is 1. The van der Waals surface area contributed by atoms with Gasteiger partial charge >= 0.3 is 0 Å². The molecule has 1 atom stereocenters. The normalized spacial score (nSPS) is 12.2. The lowest BCUT2D eigenvalue weighted by molar-refractivity contribution is 0.187. The van der Waals surface area contributed by atoms with Crippen molar-refractivity contribution in [1.29, 1.82) is 0 Å². The summed E-state index contributed by atoms with van der Waals surface area (Å²) < 4.78 is 25.9. The standard InChI is InChI=1S/C16H17BrN4O3S/c17-21(25(23,24)11-10-13-4-2-1-3-5-13)15-8-6-14(7-9-15)16(22)12-19-20-18/h1-9,16,22H,10-12H2. The predicted octanol–water partition coefficient (Wildman–Crippen LogP) is 3.72. The summed E-state index contributed by atoms with van der Waals surface area (Å²) >= 11 is 3.10. The molecule has 0 saturated carbocycles. The Morgan fingerprint density at radius 3 is 2.40 bits per heavy atom. The number of halogens is 1. The Hall–Kier alpha value is -2.06. The molecule has 2 aromatic rings. The lowest BCUT2D eigenvalue weighted by Gasteiger charge is -2.17. The Morgan fingerprint density at radius 2 is 1.80 bits per heavy atom. The van der Waals surface area contributed by atoms with E-state index in [4.69, 9.17) is 5.53 Å². The maximum atomic E-state index is 12.4. The first-order valence-corrected chi connectivity index (χ1v) is 9.77. The molecule has 0 aliphatic rings. The monoisotopic (exact) mass is 424 g/mol. The Morgan fingerprint density at radius 1 is 1.16 bits per heavy atom. The first-order chi connectivity index (χ1) is 11.9. The third kappa shape index (κ3) is 5.47. The Balaban J connectivity index is 2.05. The molecule has 0 heterocycles. The second-order valence-corrected chi connectivity index (χ2v) is 8.40. The number of hydrogen-bond acceptors (Lipinski definition) is 4. The number of hydrogen-bond donors (Lipinski definition) is 1. The Bertz CT molecular complexity index is 837. The molecule has 0 fully saturated rings. The molecular formula is C16H17BrN4O3S. The van der Waals surface area contributed by atoms with E-state index in [2.05, 4.69) is 26.2 Å². The van der Waals surface area contributed by atoms with Gasteiger partial charge in [0.25, 0.3) is 0 Å². The van der Waals surface area contributed by atoms with Crippen LogP contribution in [0.25, 0.3) is 10.4 Å². The molecule has 7 nitrogen and oxygen atoms in total. The van der Waals surface area contributed by atoms with E-state index in [1.165, 1.54) is 0 Å². The lowest BCUT2D eigenvalue weighted by atomic mass is 10.1. The summed E-state index contributed by atoms with van der Waals surface area (Å²) in [5.41, 5.74) is 10.2. The van der Waals surface area contributed by atoms with Crippen LogP contribution in [0.15, 0.2) is 59.7 Å². The number of benzene rings is 2. The summed E-state index contributed by atoms with van der Waals surface area (Å²) in [5, 5.41) is 13.2. The maximum absolute atomic E-state index is 12.4. The summed E-state index contributed by atoms with van der Waals surface area (Å²) in [6.45, 7) is -0.0801. The van der Waals surface area contributed by atoms with Crippen LogP contribution in [0.1, 0.15) is 17.2 Å². The van der Waals surface area contributed by atoms with Gasteiger partial charge in [-0.1, -0.05) is 47.6 Å².